The summed E-state index contributed by atoms with van der Waals surface area (Å²) in [5.74, 6) is -2.09. The Balaban J connectivity index is 1.93. The van der Waals surface area contributed by atoms with Crippen LogP contribution in [0.1, 0.15) is 11.1 Å². The van der Waals surface area contributed by atoms with Crippen molar-refractivity contribution >= 4 is 44.8 Å². The molecule has 0 saturated heterocycles. The highest BCUT2D eigenvalue weighted by atomic mass is 35.5. The van der Waals surface area contributed by atoms with Crippen molar-refractivity contribution in [3.8, 4) is 0 Å². The summed E-state index contributed by atoms with van der Waals surface area (Å²) in [6.07, 6.45) is 0. The maximum atomic E-state index is 14.4. The second-order valence-electron chi connectivity index (χ2n) is 6.96. The molecule has 3 aromatic rings. The van der Waals surface area contributed by atoms with E-state index >= 15 is 0 Å². The summed E-state index contributed by atoms with van der Waals surface area (Å²) in [6, 6.07) is 13.5. The zero-order chi connectivity index (χ0) is 23.5. The van der Waals surface area contributed by atoms with E-state index in [0.717, 1.165) is 22.0 Å². The van der Waals surface area contributed by atoms with E-state index in [1.54, 1.807) is 19.1 Å². The normalized spacial score (nSPS) is 11.6. The van der Waals surface area contributed by atoms with Crippen LogP contribution in [-0.4, -0.2) is 25.2 Å². The second kappa shape index (κ2) is 9.95. The van der Waals surface area contributed by atoms with E-state index in [9.17, 15) is 22.0 Å². The van der Waals surface area contributed by atoms with Gasteiger partial charge in [0.25, 0.3) is 0 Å². The van der Waals surface area contributed by atoms with Gasteiger partial charge < -0.3 is 5.32 Å². The standard InChI is InChI=1S/C22H18Cl2F2N2O3S/c1-14-5-8-16(9-6-14)32(30,31)28(12-17-18(23)3-2-4-20(17)25)13-22(29)27-15-7-10-21(26)19(24)11-15/h2-11H,12-13H2,1H3,(H,27,29). The number of aryl methyl sites for hydroxylation is 1. The maximum Gasteiger partial charge on any atom is 0.243 e. The van der Waals surface area contributed by atoms with Gasteiger partial charge in [0, 0.05) is 22.8 Å². The molecule has 0 fully saturated rings. The fraction of sp³-hybridized carbons (Fsp3) is 0.136. The fourth-order valence-corrected chi connectivity index (χ4v) is 4.65. The van der Waals surface area contributed by atoms with Crippen LogP contribution < -0.4 is 5.32 Å². The zero-order valence-electron chi connectivity index (χ0n) is 16.8. The predicted molar refractivity (Wildman–Crippen MR) is 120 cm³/mol. The highest BCUT2D eigenvalue weighted by Gasteiger charge is 2.28. The zero-order valence-corrected chi connectivity index (χ0v) is 19.1. The Morgan fingerprint density at radius 1 is 0.969 bits per heavy atom. The van der Waals surface area contributed by atoms with Gasteiger partial charge in [-0.3, -0.25) is 4.79 Å². The third kappa shape index (κ3) is 5.63. The molecule has 0 aliphatic rings. The van der Waals surface area contributed by atoms with Gasteiger partial charge >= 0.3 is 0 Å². The smallest absolute Gasteiger partial charge is 0.243 e. The van der Waals surface area contributed by atoms with Gasteiger partial charge in [-0.2, -0.15) is 4.31 Å². The predicted octanol–water partition coefficient (Wildman–Crippen LogP) is 5.41. The van der Waals surface area contributed by atoms with Gasteiger partial charge in [-0.15, -0.1) is 0 Å². The van der Waals surface area contributed by atoms with Gasteiger partial charge in [-0.05, 0) is 49.4 Å². The monoisotopic (exact) mass is 498 g/mol. The minimum absolute atomic E-state index is 0.0276. The van der Waals surface area contributed by atoms with Crippen LogP contribution in [-0.2, 0) is 21.4 Å². The summed E-state index contributed by atoms with van der Waals surface area (Å²) >= 11 is 11.8. The Morgan fingerprint density at radius 3 is 2.28 bits per heavy atom. The number of hydrogen-bond donors (Lipinski definition) is 1. The lowest BCUT2D eigenvalue weighted by Gasteiger charge is -2.23. The average molecular weight is 499 g/mol. The molecule has 0 spiro atoms. The molecule has 168 valence electrons. The molecule has 10 heteroatoms. The molecule has 0 bridgehead atoms. The Bertz CT molecular complexity index is 1230. The number of halogens is 4. The van der Waals surface area contributed by atoms with E-state index in [4.69, 9.17) is 23.2 Å². The molecule has 0 aliphatic carbocycles. The summed E-state index contributed by atoms with van der Waals surface area (Å²) in [6.45, 7) is 0.684. The van der Waals surface area contributed by atoms with Crippen LogP contribution in [0.3, 0.4) is 0 Å². The molecular weight excluding hydrogens is 481 g/mol. The van der Waals surface area contributed by atoms with Crippen molar-refractivity contribution in [3.63, 3.8) is 0 Å². The molecule has 0 heterocycles. The molecule has 1 N–H and O–H groups in total. The fourth-order valence-electron chi connectivity index (χ4n) is 2.88. The van der Waals surface area contributed by atoms with Crippen molar-refractivity contribution in [1.29, 1.82) is 0 Å². The van der Waals surface area contributed by atoms with E-state index in [2.05, 4.69) is 5.32 Å². The molecule has 0 unspecified atom stereocenters. The van der Waals surface area contributed by atoms with Crippen LogP contribution in [0.5, 0.6) is 0 Å². The maximum absolute atomic E-state index is 14.4. The first-order chi connectivity index (χ1) is 15.1. The number of nitrogens with one attached hydrogen (secondary N) is 1. The average Bonchev–Trinajstić information content (AvgIpc) is 2.73. The number of carbonyl (C=O) groups excluding carboxylic acids is 1. The number of benzene rings is 3. The van der Waals surface area contributed by atoms with Crippen molar-refractivity contribution in [2.45, 2.75) is 18.4 Å². The summed E-state index contributed by atoms with van der Waals surface area (Å²) in [4.78, 5) is 12.6. The van der Waals surface area contributed by atoms with E-state index in [0.29, 0.717) is 0 Å². The van der Waals surface area contributed by atoms with Gasteiger partial charge in [0.1, 0.15) is 11.6 Å². The van der Waals surface area contributed by atoms with Crippen molar-refractivity contribution in [1.82, 2.24) is 4.31 Å². The Kier molecular flexibility index (Phi) is 7.51. The SMILES string of the molecule is Cc1ccc(S(=O)(=O)N(CC(=O)Nc2ccc(F)c(Cl)c2)Cc2c(F)cccc2Cl)cc1. The number of sulfonamides is 1. The number of rotatable bonds is 7. The van der Waals surface area contributed by atoms with E-state index in [1.807, 2.05) is 0 Å². The topological polar surface area (TPSA) is 66.5 Å². The minimum Gasteiger partial charge on any atom is -0.325 e. The second-order valence-corrected chi connectivity index (χ2v) is 9.72. The first-order valence-electron chi connectivity index (χ1n) is 9.32. The van der Waals surface area contributed by atoms with Crippen molar-refractivity contribution in [2.24, 2.45) is 0 Å². The van der Waals surface area contributed by atoms with Gasteiger partial charge in [0.2, 0.25) is 15.9 Å². The Hall–Kier alpha value is -2.52. The van der Waals surface area contributed by atoms with E-state index < -0.39 is 40.7 Å². The first kappa shape index (κ1) is 24.1. The molecule has 0 radical (unpaired) electrons. The molecule has 32 heavy (non-hydrogen) atoms. The molecular formula is C22H18Cl2F2N2O3S. The number of hydrogen-bond acceptors (Lipinski definition) is 3. The molecule has 0 saturated carbocycles. The molecule has 0 atom stereocenters. The molecule has 1 amide bonds. The van der Waals surface area contributed by atoms with Crippen molar-refractivity contribution in [2.75, 3.05) is 11.9 Å². The lowest BCUT2D eigenvalue weighted by Crippen LogP contribution is -2.38. The van der Waals surface area contributed by atoms with Gasteiger partial charge in [-0.25, -0.2) is 17.2 Å². The highest BCUT2D eigenvalue weighted by molar-refractivity contribution is 7.89. The largest absolute Gasteiger partial charge is 0.325 e. The lowest BCUT2D eigenvalue weighted by molar-refractivity contribution is -0.116. The molecule has 3 aromatic carbocycles. The molecule has 5 nitrogen and oxygen atoms in total. The summed E-state index contributed by atoms with van der Waals surface area (Å²) in [5.41, 5.74) is 0.957. The minimum atomic E-state index is -4.19. The van der Waals surface area contributed by atoms with Gasteiger partial charge in [0.05, 0.1) is 16.5 Å². The van der Waals surface area contributed by atoms with Gasteiger partial charge in [0.15, 0.2) is 0 Å². The summed E-state index contributed by atoms with van der Waals surface area (Å²) < 4.78 is 55.1. The number of anilines is 1. The van der Waals surface area contributed by atoms with Crippen LogP contribution in [0.25, 0.3) is 0 Å². The van der Waals surface area contributed by atoms with Crippen LogP contribution in [0, 0.1) is 18.6 Å². The molecule has 0 aliphatic heterocycles. The number of carbonyl (C=O) groups is 1. The van der Waals surface area contributed by atoms with Crippen LogP contribution in [0.2, 0.25) is 10.0 Å². The quantitative estimate of drug-likeness (QED) is 0.473. The number of amides is 1. The van der Waals surface area contributed by atoms with E-state index in [-0.39, 0.29) is 26.2 Å². The summed E-state index contributed by atoms with van der Waals surface area (Å²) in [7, 11) is -4.19. The third-order valence-corrected chi connectivity index (χ3v) is 7.03. The third-order valence-electron chi connectivity index (χ3n) is 4.58. The van der Waals surface area contributed by atoms with Crippen molar-refractivity contribution < 1.29 is 22.0 Å². The highest BCUT2D eigenvalue weighted by Crippen LogP contribution is 2.25. The Labute approximate surface area is 194 Å². The van der Waals surface area contributed by atoms with Crippen LogP contribution in [0.15, 0.2) is 65.6 Å². The molecule has 0 aromatic heterocycles. The summed E-state index contributed by atoms with van der Waals surface area (Å²) in [5, 5.41) is 2.29. The lowest BCUT2D eigenvalue weighted by atomic mass is 10.2. The van der Waals surface area contributed by atoms with Crippen LogP contribution >= 0.6 is 23.2 Å². The van der Waals surface area contributed by atoms with E-state index in [1.165, 1.54) is 36.4 Å². The van der Waals surface area contributed by atoms with Crippen LogP contribution in [0.4, 0.5) is 14.5 Å². The Morgan fingerprint density at radius 2 is 1.66 bits per heavy atom. The molecule has 3 rings (SSSR count). The van der Waals surface area contributed by atoms with Crippen molar-refractivity contribution in [3.05, 3.63) is 93.5 Å². The first-order valence-corrected chi connectivity index (χ1v) is 11.5. The number of nitrogens with zero attached hydrogens (tertiary/aromatic N) is 1. The van der Waals surface area contributed by atoms with Gasteiger partial charge in [-0.1, -0.05) is 47.0 Å².